The maximum atomic E-state index is 14.4. The van der Waals surface area contributed by atoms with E-state index in [1.807, 2.05) is 0 Å². The molecule has 4 bridgehead atoms. The minimum Gasteiger partial charge on any atom is -0.106 e. The third-order valence-electron chi connectivity index (χ3n) is 12.4. The zero-order valence-electron chi connectivity index (χ0n) is 22.7. The van der Waals surface area contributed by atoms with Crippen LogP contribution in [0.2, 0.25) is 0 Å². The maximum Gasteiger partial charge on any atom is 0.699 e. The van der Waals surface area contributed by atoms with Crippen molar-refractivity contribution in [2.45, 2.75) is 91.3 Å². The van der Waals surface area contributed by atoms with E-state index >= 15 is 0 Å². The van der Waals surface area contributed by atoms with E-state index < -0.39 is 19.5 Å². The fourth-order valence-electron chi connectivity index (χ4n) is 10.7. The van der Waals surface area contributed by atoms with E-state index in [9.17, 15) is 4.57 Å². The predicted molar refractivity (Wildman–Crippen MR) is 143 cm³/mol. The molecule has 2 spiro atoms. The first-order valence-corrected chi connectivity index (χ1v) is 15.1. The molecule has 0 saturated heterocycles. The molecule has 1 aliphatic heterocycles. The Morgan fingerprint density at radius 3 is 1.42 bits per heavy atom. The lowest BCUT2D eigenvalue weighted by atomic mass is 9.55. The third-order valence-corrected chi connectivity index (χ3v) is 13.2. The highest BCUT2D eigenvalue weighted by Gasteiger charge is 2.78. The van der Waals surface area contributed by atoms with Gasteiger partial charge in [-0.2, -0.15) is 0 Å². The summed E-state index contributed by atoms with van der Waals surface area (Å²) in [5, 5.41) is 0. The Morgan fingerprint density at radius 2 is 1.06 bits per heavy atom. The van der Waals surface area contributed by atoms with Crippen LogP contribution in [0.25, 0.3) is 11.1 Å². The standard InChI is InChI=1S/C32H40O3P/c1-27(2)21-15-17-29(5,19-21)31(27)25-13-9-7-11-23(25)24-12-8-10-14-26(24)32(35-36(33)34-31)28(3,4)22-16-18-30(32,6)20-22/h7-14,21-22H,15-20H2,1-6H3/q+1. The highest BCUT2D eigenvalue weighted by Crippen LogP contribution is 2.79. The van der Waals surface area contributed by atoms with Gasteiger partial charge in [-0.05, 0) is 72.6 Å². The monoisotopic (exact) mass is 503 g/mol. The summed E-state index contributed by atoms with van der Waals surface area (Å²) in [6, 6.07) is 17.7. The van der Waals surface area contributed by atoms with Crippen molar-refractivity contribution in [3.63, 3.8) is 0 Å². The van der Waals surface area contributed by atoms with Crippen LogP contribution in [0.15, 0.2) is 48.5 Å². The molecule has 4 heteroatoms. The molecule has 0 aromatic heterocycles. The van der Waals surface area contributed by atoms with Crippen LogP contribution in [0.3, 0.4) is 0 Å². The molecular weight excluding hydrogens is 463 g/mol. The van der Waals surface area contributed by atoms with Gasteiger partial charge in [-0.1, -0.05) is 90.1 Å². The van der Waals surface area contributed by atoms with Gasteiger partial charge in [0.2, 0.25) is 0 Å². The average Bonchev–Trinajstić information content (AvgIpc) is 3.52. The lowest BCUT2D eigenvalue weighted by Crippen LogP contribution is -2.53. The number of rotatable bonds is 0. The molecule has 36 heavy (non-hydrogen) atoms. The van der Waals surface area contributed by atoms with Crippen LogP contribution in [-0.2, 0) is 24.8 Å². The molecule has 0 radical (unpaired) electrons. The van der Waals surface area contributed by atoms with Crippen molar-refractivity contribution in [3.8, 4) is 11.1 Å². The molecule has 0 N–H and O–H groups in total. The molecule has 4 saturated carbocycles. The topological polar surface area (TPSA) is 35.5 Å². The van der Waals surface area contributed by atoms with Crippen molar-refractivity contribution in [1.82, 2.24) is 0 Å². The van der Waals surface area contributed by atoms with Crippen LogP contribution in [0, 0.1) is 33.5 Å². The van der Waals surface area contributed by atoms with E-state index in [1.54, 1.807) is 0 Å². The lowest BCUT2D eigenvalue weighted by Gasteiger charge is -2.51. The van der Waals surface area contributed by atoms with Gasteiger partial charge in [-0.3, -0.25) is 0 Å². The molecule has 5 aliphatic rings. The summed E-state index contributed by atoms with van der Waals surface area (Å²) >= 11 is 0. The fraction of sp³-hybridized carbons (Fsp3) is 0.625. The zero-order valence-corrected chi connectivity index (χ0v) is 23.6. The van der Waals surface area contributed by atoms with Crippen LogP contribution in [0.5, 0.6) is 0 Å². The van der Waals surface area contributed by atoms with Crippen LogP contribution in [-0.4, -0.2) is 0 Å². The van der Waals surface area contributed by atoms with Gasteiger partial charge in [0.05, 0.1) is 0 Å². The number of benzene rings is 2. The van der Waals surface area contributed by atoms with Gasteiger partial charge in [0.15, 0.2) is 11.2 Å². The first kappa shape index (κ1) is 23.6. The SMILES string of the molecule is CC12CCC(C1)C(C)(C)C21O[P+](=O)OC2(c3ccccc3-c3ccccc31)C1(C)CCC(C1)C2(C)C. The van der Waals surface area contributed by atoms with Crippen molar-refractivity contribution in [2.24, 2.45) is 33.5 Å². The van der Waals surface area contributed by atoms with Crippen molar-refractivity contribution >= 4 is 8.25 Å². The van der Waals surface area contributed by atoms with E-state index in [-0.39, 0.29) is 21.7 Å². The first-order valence-electron chi connectivity index (χ1n) is 14.0. The number of hydrogen-bond acceptors (Lipinski definition) is 3. The number of fused-ring (bicyclic) bond motifs is 11. The summed E-state index contributed by atoms with van der Waals surface area (Å²) in [4.78, 5) is 0. The van der Waals surface area contributed by atoms with Gasteiger partial charge < -0.3 is 0 Å². The summed E-state index contributed by atoms with van der Waals surface area (Å²) in [5.74, 6) is 1.08. The molecule has 6 unspecified atom stereocenters. The van der Waals surface area contributed by atoms with E-state index in [0.717, 1.165) is 25.7 Å². The minimum absolute atomic E-state index is 0.0911. The fourth-order valence-corrected chi connectivity index (χ4v) is 12.3. The number of hydrogen-bond donors (Lipinski definition) is 0. The summed E-state index contributed by atoms with van der Waals surface area (Å²) in [6.07, 6.45) is 6.82. The third kappa shape index (κ3) is 2.37. The van der Waals surface area contributed by atoms with Gasteiger partial charge in [-0.25, -0.2) is 0 Å². The Labute approximate surface area is 217 Å². The van der Waals surface area contributed by atoms with Crippen LogP contribution >= 0.6 is 8.25 Å². The second kappa shape index (κ2) is 6.90. The molecule has 3 nitrogen and oxygen atoms in total. The lowest BCUT2D eigenvalue weighted by molar-refractivity contribution is -0.162. The highest BCUT2D eigenvalue weighted by atomic mass is 31.1. The quantitative estimate of drug-likeness (QED) is 0.336. The molecule has 6 atom stereocenters. The van der Waals surface area contributed by atoms with Crippen molar-refractivity contribution in [1.29, 1.82) is 0 Å². The highest BCUT2D eigenvalue weighted by molar-refractivity contribution is 7.33. The summed E-state index contributed by atoms with van der Waals surface area (Å²) < 4.78 is 28.5. The van der Waals surface area contributed by atoms with Crippen molar-refractivity contribution in [2.75, 3.05) is 0 Å². The van der Waals surface area contributed by atoms with E-state index in [0.29, 0.717) is 11.8 Å². The van der Waals surface area contributed by atoms with Crippen LogP contribution in [0.4, 0.5) is 0 Å². The van der Waals surface area contributed by atoms with Crippen LogP contribution < -0.4 is 0 Å². The minimum atomic E-state index is -2.37. The smallest absolute Gasteiger partial charge is 0.106 e. The largest absolute Gasteiger partial charge is 0.699 e. The molecule has 1 heterocycles. The Balaban J connectivity index is 1.58. The molecule has 7 rings (SSSR count). The Bertz CT molecular complexity index is 1190. The summed E-state index contributed by atoms with van der Waals surface area (Å²) in [6.45, 7) is 14.2. The summed E-state index contributed by atoms with van der Waals surface area (Å²) in [5.41, 5.74) is 3.00. The van der Waals surface area contributed by atoms with E-state index in [4.69, 9.17) is 9.05 Å². The molecule has 2 aromatic rings. The van der Waals surface area contributed by atoms with Gasteiger partial charge in [0, 0.05) is 26.2 Å². The second-order valence-corrected chi connectivity index (χ2v) is 15.1. The first-order chi connectivity index (χ1) is 16.9. The average molecular weight is 504 g/mol. The van der Waals surface area contributed by atoms with Crippen molar-refractivity contribution in [3.05, 3.63) is 59.7 Å². The Kier molecular flexibility index (Phi) is 4.52. The maximum absolute atomic E-state index is 14.4. The van der Waals surface area contributed by atoms with Gasteiger partial charge in [0.25, 0.3) is 0 Å². The molecular formula is C32H40O3P+. The van der Waals surface area contributed by atoms with Crippen LogP contribution in [0.1, 0.15) is 91.2 Å². The van der Waals surface area contributed by atoms with Crippen molar-refractivity contribution < 1.29 is 13.6 Å². The molecule has 190 valence electrons. The molecule has 0 amide bonds. The molecule has 2 aromatic carbocycles. The predicted octanol–water partition coefficient (Wildman–Crippen LogP) is 9.14. The second-order valence-electron chi connectivity index (χ2n) is 14.3. The molecule has 4 fully saturated rings. The normalized spacial score (nSPS) is 44.3. The van der Waals surface area contributed by atoms with E-state index in [2.05, 4.69) is 90.1 Å². The van der Waals surface area contributed by atoms with Gasteiger partial charge >= 0.3 is 8.25 Å². The summed E-state index contributed by atoms with van der Waals surface area (Å²) in [7, 11) is -2.37. The van der Waals surface area contributed by atoms with E-state index in [1.165, 1.54) is 35.1 Å². The zero-order chi connectivity index (χ0) is 25.4. The Morgan fingerprint density at radius 1 is 0.667 bits per heavy atom. The van der Waals surface area contributed by atoms with Gasteiger partial charge in [0.1, 0.15) is 0 Å². The molecule has 4 aliphatic carbocycles. The Hall–Kier alpha value is -1.54. The van der Waals surface area contributed by atoms with Gasteiger partial charge in [-0.15, -0.1) is 9.05 Å².